The molecule has 0 aliphatic rings. The lowest BCUT2D eigenvalue weighted by Crippen LogP contribution is -1.94. The van der Waals surface area contributed by atoms with Crippen LogP contribution in [0.15, 0.2) is 81.0 Å². The highest BCUT2D eigenvalue weighted by Gasteiger charge is 2.15. The largest absolute Gasteiger partial charge is 0.410 e. The van der Waals surface area contributed by atoms with E-state index in [1.54, 1.807) is 23.7 Å². The van der Waals surface area contributed by atoms with E-state index in [0.29, 0.717) is 16.9 Å². The van der Waals surface area contributed by atoms with Crippen molar-refractivity contribution in [2.24, 2.45) is 0 Å². The van der Waals surface area contributed by atoms with Crippen molar-refractivity contribution in [3.8, 4) is 22.2 Å². The van der Waals surface area contributed by atoms with E-state index in [-0.39, 0.29) is 0 Å². The smallest absolute Gasteiger partial charge is 0.283 e. The first-order valence-corrected chi connectivity index (χ1v) is 9.79. The van der Waals surface area contributed by atoms with Crippen LogP contribution in [0.4, 0.5) is 0 Å². The predicted octanol–water partition coefficient (Wildman–Crippen LogP) is 4.95. The number of para-hydroxylation sites is 1. The molecule has 8 heteroatoms. The molecule has 5 aromatic rings. The summed E-state index contributed by atoms with van der Waals surface area (Å²) in [7, 11) is 0. The fraction of sp³-hybridized carbons (Fsp3) is 0. The van der Waals surface area contributed by atoms with E-state index in [0.717, 1.165) is 26.4 Å². The molecule has 0 atom stereocenters. The van der Waals surface area contributed by atoms with E-state index in [1.165, 1.54) is 11.8 Å². The van der Waals surface area contributed by atoms with Gasteiger partial charge in [0.25, 0.3) is 11.1 Å². The van der Waals surface area contributed by atoms with Gasteiger partial charge >= 0.3 is 0 Å². The molecule has 0 radical (unpaired) electrons. The average Bonchev–Trinajstić information content (AvgIpc) is 3.40. The van der Waals surface area contributed by atoms with Crippen LogP contribution in [-0.2, 0) is 0 Å². The first-order valence-electron chi connectivity index (χ1n) is 8.09. The third-order valence-electron chi connectivity index (χ3n) is 3.81. The summed E-state index contributed by atoms with van der Waals surface area (Å²) in [4.78, 5) is 14.5. The number of rotatable bonds is 4. The molecule has 0 unspecified atom stereocenters. The van der Waals surface area contributed by atoms with Gasteiger partial charge in [-0.05, 0) is 41.4 Å². The van der Waals surface area contributed by atoms with Gasteiger partial charge in [0.2, 0.25) is 0 Å². The van der Waals surface area contributed by atoms with Crippen LogP contribution in [0, 0.1) is 0 Å². The van der Waals surface area contributed by atoms with Gasteiger partial charge in [0, 0.05) is 23.3 Å². The standard InChI is InChI=1S/C19H11N5OS2/c1-2-7-14-13(6-1)18(22-16(21-14)12-5-3-9-20-11-12)27-19-24-23-17(25-19)15-8-4-10-26-15/h1-11H. The zero-order valence-corrected chi connectivity index (χ0v) is 15.4. The summed E-state index contributed by atoms with van der Waals surface area (Å²) >= 11 is 2.90. The lowest BCUT2D eigenvalue weighted by molar-refractivity contribution is 0.466. The van der Waals surface area contributed by atoms with Crippen LogP contribution in [0.3, 0.4) is 0 Å². The average molecular weight is 389 g/mol. The first-order chi connectivity index (χ1) is 13.4. The topological polar surface area (TPSA) is 77.6 Å². The van der Waals surface area contributed by atoms with E-state index >= 15 is 0 Å². The van der Waals surface area contributed by atoms with Crippen LogP contribution in [0.1, 0.15) is 0 Å². The number of thiophene rings is 1. The molecule has 4 aromatic heterocycles. The van der Waals surface area contributed by atoms with Crippen molar-refractivity contribution < 1.29 is 4.42 Å². The van der Waals surface area contributed by atoms with Crippen LogP contribution in [0.2, 0.25) is 0 Å². The molecule has 0 fully saturated rings. The quantitative estimate of drug-likeness (QED) is 0.402. The Hall–Kier alpha value is -3.10. The Kier molecular flexibility index (Phi) is 4.11. The first kappa shape index (κ1) is 16.1. The molecule has 0 bridgehead atoms. The molecule has 130 valence electrons. The number of hydrogen-bond acceptors (Lipinski definition) is 8. The minimum Gasteiger partial charge on any atom is -0.410 e. The Balaban J connectivity index is 1.58. The van der Waals surface area contributed by atoms with Gasteiger partial charge in [-0.25, -0.2) is 9.97 Å². The molecule has 0 N–H and O–H groups in total. The highest BCUT2D eigenvalue weighted by molar-refractivity contribution is 7.99. The molecule has 0 spiro atoms. The second kappa shape index (κ2) is 6.90. The minimum absolute atomic E-state index is 0.444. The predicted molar refractivity (Wildman–Crippen MR) is 105 cm³/mol. The van der Waals surface area contributed by atoms with Gasteiger partial charge in [0.15, 0.2) is 5.82 Å². The maximum Gasteiger partial charge on any atom is 0.283 e. The summed E-state index contributed by atoms with van der Waals surface area (Å²) in [6, 6.07) is 15.6. The Morgan fingerprint density at radius 1 is 0.926 bits per heavy atom. The number of benzene rings is 1. The molecule has 0 amide bonds. The summed E-state index contributed by atoms with van der Waals surface area (Å²) in [6.07, 6.45) is 3.48. The van der Waals surface area contributed by atoms with Crippen molar-refractivity contribution in [3.05, 3.63) is 66.3 Å². The number of nitrogens with zero attached hydrogens (tertiary/aromatic N) is 5. The maximum atomic E-state index is 5.80. The second-order valence-corrected chi connectivity index (χ2v) is 7.45. The number of aromatic nitrogens is 5. The Labute approximate surface area is 162 Å². The van der Waals surface area contributed by atoms with Gasteiger partial charge < -0.3 is 4.42 Å². The molecule has 27 heavy (non-hydrogen) atoms. The molecule has 1 aromatic carbocycles. The van der Waals surface area contributed by atoms with Crippen molar-refractivity contribution in [2.75, 3.05) is 0 Å². The fourth-order valence-electron chi connectivity index (χ4n) is 2.58. The zero-order valence-electron chi connectivity index (χ0n) is 13.8. The van der Waals surface area contributed by atoms with Crippen LogP contribution in [0.5, 0.6) is 0 Å². The third kappa shape index (κ3) is 3.20. The highest BCUT2D eigenvalue weighted by atomic mass is 32.2. The summed E-state index contributed by atoms with van der Waals surface area (Å²) in [5.74, 6) is 1.13. The van der Waals surface area contributed by atoms with E-state index in [2.05, 4.69) is 20.2 Å². The molecule has 5 rings (SSSR count). The Bertz CT molecular complexity index is 1210. The van der Waals surface area contributed by atoms with E-state index in [4.69, 9.17) is 9.40 Å². The van der Waals surface area contributed by atoms with Gasteiger partial charge in [-0.2, -0.15) is 0 Å². The minimum atomic E-state index is 0.444. The Morgan fingerprint density at radius 2 is 1.89 bits per heavy atom. The van der Waals surface area contributed by atoms with Crippen molar-refractivity contribution in [3.63, 3.8) is 0 Å². The molecule has 6 nitrogen and oxygen atoms in total. The van der Waals surface area contributed by atoms with Gasteiger partial charge in [-0.1, -0.05) is 24.3 Å². The molecule has 0 aliphatic heterocycles. The number of hydrogen-bond donors (Lipinski definition) is 0. The fourth-order valence-corrected chi connectivity index (χ4v) is 4.01. The highest BCUT2D eigenvalue weighted by Crippen LogP contribution is 2.34. The number of fused-ring (bicyclic) bond motifs is 1. The van der Waals surface area contributed by atoms with Crippen LogP contribution >= 0.6 is 23.1 Å². The van der Waals surface area contributed by atoms with Crippen LogP contribution in [-0.4, -0.2) is 25.1 Å². The summed E-state index contributed by atoms with van der Waals surface area (Å²) in [5.41, 5.74) is 1.71. The van der Waals surface area contributed by atoms with E-state index < -0.39 is 0 Å². The molecular weight excluding hydrogens is 378 g/mol. The lowest BCUT2D eigenvalue weighted by Gasteiger charge is -2.06. The van der Waals surface area contributed by atoms with Gasteiger partial charge in [-0.3, -0.25) is 4.98 Å². The van der Waals surface area contributed by atoms with E-state index in [9.17, 15) is 0 Å². The monoisotopic (exact) mass is 389 g/mol. The summed E-state index contributed by atoms with van der Waals surface area (Å²) < 4.78 is 5.80. The molecule has 0 aliphatic carbocycles. The molecular formula is C19H11N5OS2. The van der Waals surface area contributed by atoms with Gasteiger partial charge in [0.1, 0.15) is 5.03 Å². The van der Waals surface area contributed by atoms with Crippen molar-refractivity contribution in [2.45, 2.75) is 10.2 Å². The SMILES string of the molecule is c1cncc(-c2nc(Sc3nnc(-c4cccs4)o3)c3ccccc3n2)c1. The number of pyridine rings is 1. The molecule has 4 heterocycles. The van der Waals surface area contributed by atoms with Crippen molar-refractivity contribution >= 4 is 34.0 Å². The van der Waals surface area contributed by atoms with Crippen LogP contribution < -0.4 is 0 Å². The van der Waals surface area contributed by atoms with Gasteiger partial charge in [-0.15, -0.1) is 21.5 Å². The molecule has 0 saturated heterocycles. The van der Waals surface area contributed by atoms with Crippen LogP contribution in [0.25, 0.3) is 33.1 Å². The van der Waals surface area contributed by atoms with Crippen molar-refractivity contribution in [1.82, 2.24) is 25.1 Å². The van der Waals surface area contributed by atoms with Gasteiger partial charge in [0.05, 0.1) is 10.4 Å². The summed E-state index contributed by atoms with van der Waals surface area (Å²) in [6.45, 7) is 0. The summed E-state index contributed by atoms with van der Waals surface area (Å²) in [5, 5.41) is 12.4. The third-order valence-corrected chi connectivity index (χ3v) is 5.51. The van der Waals surface area contributed by atoms with Crippen molar-refractivity contribution in [1.29, 1.82) is 0 Å². The maximum absolute atomic E-state index is 5.80. The second-order valence-electron chi connectivity index (χ2n) is 5.56. The Morgan fingerprint density at radius 3 is 2.74 bits per heavy atom. The van der Waals surface area contributed by atoms with E-state index in [1.807, 2.05) is 53.9 Å². The zero-order chi connectivity index (χ0) is 18.1. The normalized spacial score (nSPS) is 11.1. The lowest BCUT2D eigenvalue weighted by atomic mass is 10.2. The molecule has 0 saturated carbocycles.